The Labute approximate surface area is 198 Å². The highest BCUT2D eigenvalue weighted by atomic mass is 127. The lowest BCUT2D eigenvalue weighted by molar-refractivity contribution is 0.162. The van der Waals surface area contributed by atoms with Crippen LogP contribution in [0.25, 0.3) is 0 Å². The fraction of sp³-hybridized carbons (Fsp3) is 0.727. The molecule has 2 N–H and O–H groups in total. The molecule has 3 rings (SSSR count). The monoisotopic (exact) mass is 532 g/mol. The van der Waals surface area contributed by atoms with Crippen molar-refractivity contribution in [2.24, 2.45) is 16.8 Å². The second-order valence-electron chi connectivity index (χ2n) is 8.77. The van der Waals surface area contributed by atoms with Gasteiger partial charge in [0.1, 0.15) is 0 Å². The molecule has 1 aromatic rings. The molecule has 2 unspecified atom stereocenters. The van der Waals surface area contributed by atoms with Gasteiger partial charge >= 0.3 is 0 Å². The van der Waals surface area contributed by atoms with Crippen molar-refractivity contribution in [2.75, 3.05) is 50.7 Å². The Bertz CT molecular complexity index is 671. The second-order valence-corrected chi connectivity index (χ2v) is 8.77. The zero-order valence-electron chi connectivity index (χ0n) is 18.6. The number of guanidine groups is 1. The fourth-order valence-corrected chi connectivity index (χ4v) is 4.40. The van der Waals surface area contributed by atoms with Crippen molar-refractivity contribution in [3.8, 4) is 0 Å². The zero-order valence-corrected chi connectivity index (χ0v) is 20.9. The van der Waals surface area contributed by atoms with Crippen molar-refractivity contribution in [3.05, 3.63) is 24.1 Å². The van der Waals surface area contributed by atoms with Crippen LogP contribution in [0.1, 0.15) is 40.0 Å². The average molecular weight is 532 g/mol. The molecule has 0 radical (unpaired) electrons. The standard InChI is InChI=1S/C22H37FN6.HI/c1-4-24-22(26-13-18-7-6-11-28(15-18)14-17(2)3)27-19-9-12-29(16-19)21-20(23)8-5-10-25-21;/h5,8,10,17-19H,4,6-7,9,11-16H2,1-3H3,(H2,24,26,27);1H. The Morgan fingerprint density at radius 2 is 2.13 bits per heavy atom. The number of aromatic nitrogens is 1. The Balaban J connectivity index is 0.00000320. The summed E-state index contributed by atoms with van der Waals surface area (Å²) in [5, 5.41) is 6.93. The van der Waals surface area contributed by atoms with Crippen LogP contribution >= 0.6 is 24.0 Å². The molecular weight excluding hydrogens is 494 g/mol. The van der Waals surface area contributed by atoms with Crippen molar-refractivity contribution < 1.29 is 4.39 Å². The molecule has 0 saturated carbocycles. The minimum absolute atomic E-state index is 0. The van der Waals surface area contributed by atoms with E-state index in [0.29, 0.717) is 17.7 Å². The molecule has 30 heavy (non-hydrogen) atoms. The van der Waals surface area contributed by atoms with Gasteiger partial charge in [0.05, 0.1) is 0 Å². The normalized spacial score (nSPS) is 22.8. The lowest BCUT2D eigenvalue weighted by Gasteiger charge is -2.33. The largest absolute Gasteiger partial charge is 0.357 e. The molecule has 0 amide bonds. The molecular formula is C22H38FIN6. The molecule has 170 valence electrons. The molecule has 0 bridgehead atoms. The Kier molecular flexibility index (Phi) is 10.6. The Hall–Kier alpha value is -1.16. The summed E-state index contributed by atoms with van der Waals surface area (Å²) in [4.78, 5) is 13.7. The summed E-state index contributed by atoms with van der Waals surface area (Å²) in [5.74, 6) is 2.41. The highest BCUT2D eigenvalue weighted by molar-refractivity contribution is 14.0. The van der Waals surface area contributed by atoms with Crippen molar-refractivity contribution in [1.82, 2.24) is 20.5 Å². The lowest BCUT2D eigenvalue weighted by atomic mass is 9.97. The lowest BCUT2D eigenvalue weighted by Crippen LogP contribution is -2.45. The molecule has 3 heterocycles. The van der Waals surface area contributed by atoms with Gasteiger partial charge in [-0.3, -0.25) is 4.99 Å². The molecule has 6 nitrogen and oxygen atoms in total. The number of nitrogens with one attached hydrogen (secondary N) is 2. The van der Waals surface area contributed by atoms with E-state index in [1.807, 2.05) is 4.90 Å². The van der Waals surface area contributed by atoms with E-state index in [1.165, 1.54) is 32.0 Å². The summed E-state index contributed by atoms with van der Waals surface area (Å²) in [5.41, 5.74) is 0. The first kappa shape index (κ1) is 25.1. The van der Waals surface area contributed by atoms with E-state index in [4.69, 9.17) is 4.99 Å². The number of likely N-dealkylation sites (tertiary alicyclic amines) is 1. The topological polar surface area (TPSA) is 55.8 Å². The number of hydrogen-bond donors (Lipinski definition) is 2. The van der Waals surface area contributed by atoms with Crippen LogP contribution in [0, 0.1) is 17.7 Å². The minimum Gasteiger partial charge on any atom is -0.357 e. The molecule has 8 heteroatoms. The van der Waals surface area contributed by atoms with E-state index in [2.05, 4.69) is 41.3 Å². The van der Waals surface area contributed by atoms with Gasteiger partial charge in [0, 0.05) is 51.5 Å². The van der Waals surface area contributed by atoms with Gasteiger partial charge in [-0.15, -0.1) is 24.0 Å². The molecule has 2 saturated heterocycles. The summed E-state index contributed by atoms with van der Waals surface area (Å²) in [6.07, 6.45) is 5.13. The molecule has 2 aliphatic rings. The maximum Gasteiger partial charge on any atom is 0.191 e. The van der Waals surface area contributed by atoms with Crippen LogP contribution in [0.2, 0.25) is 0 Å². The first-order valence-electron chi connectivity index (χ1n) is 11.2. The smallest absolute Gasteiger partial charge is 0.191 e. The van der Waals surface area contributed by atoms with E-state index < -0.39 is 0 Å². The van der Waals surface area contributed by atoms with Crippen LogP contribution in [0.15, 0.2) is 23.3 Å². The number of hydrogen-bond acceptors (Lipinski definition) is 4. The van der Waals surface area contributed by atoms with E-state index in [-0.39, 0.29) is 35.8 Å². The predicted molar refractivity (Wildman–Crippen MR) is 133 cm³/mol. The van der Waals surface area contributed by atoms with Gasteiger partial charge < -0.3 is 20.4 Å². The number of piperidine rings is 1. The zero-order chi connectivity index (χ0) is 20.6. The third kappa shape index (κ3) is 7.51. The molecule has 0 spiro atoms. The number of nitrogens with zero attached hydrogens (tertiary/aromatic N) is 4. The van der Waals surface area contributed by atoms with Crippen LogP contribution < -0.4 is 15.5 Å². The van der Waals surface area contributed by atoms with E-state index in [0.717, 1.165) is 45.1 Å². The number of anilines is 1. The molecule has 2 atom stereocenters. The van der Waals surface area contributed by atoms with E-state index in [9.17, 15) is 4.39 Å². The third-order valence-corrected chi connectivity index (χ3v) is 5.65. The highest BCUT2D eigenvalue weighted by Gasteiger charge is 2.26. The summed E-state index contributed by atoms with van der Waals surface area (Å²) in [6, 6.07) is 3.35. The predicted octanol–water partition coefficient (Wildman–Crippen LogP) is 3.34. The van der Waals surface area contributed by atoms with Gasteiger partial charge in [0.2, 0.25) is 0 Å². The molecule has 2 fully saturated rings. The Morgan fingerprint density at radius 1 is 1.30 bits per heavy atom. The van der Waals surface area contributed by atoms with E-state index in [1.54, 1.807) is 12.3 Å². The van der Waals surface area contributed by atoms with Gasteiger partial charge in [-0.05, 0) is 56.7 Å². The summed E-state index contributed by atoms with van der Waals surface area (Å²) in [7, 11) is 0. The average Bonchev–Trinajstić information content (AvgIpc) is 3.15. The quantitative estimate of drug-likeness (QED) is 0.321. The molecule has 1 aromatic heterocycles. The van der Waals surface area contributed by atoms with Crippen LogP contribution in [-0.2, 0) is 0 Å². The first-order valence-corrected chi connectivity index (χ1v) is 11.2. The van der Waals surface area contributed by atoms with Crippen LogP contribution in [-0.4, -0.2) is 67.7 Å². The fourth-order valence-electron chi connectivity index (χ4n) is 4.40. The number of halogens is 2. The van der Waals surface area contributed by atoms with Crippen LogP contribution in [0.5, 0.6) is 0 Å². The SMILES string of the molecule is CCNC(=NCC1CCCN(CC(C)C)C1)NC1CCN(c2ncccc2F)C1.I. The maximum absolute atomic E-state index is 14.0. The number of rotatable bonds is 7. The highest BCUT2D eigenvalue weighted by Crippen LogP contribution is 2.21. The summed E-state index contributed by atoms with van der Waals surface area (Å²) >= 11 is 0. The Morgan fingerprint density at radius 3 is 2.87 bits per heavy atom. The van der Waals surface area contributed by atoms with Crippen LogP contribution in [0.3, 0.4) is 0 Å². The van der Waals surface area contributed by atoms with Crippen molar-refractivity contribution in [1.29, 1.82) is 0 Å². The van der Waals surface area contributed by atoms with Crippen molar-refractivity contribution in [2.45, 2.75) is 46.1 Å². The number of aliphatic imine (C=N–C) groups is 1. The summed E-state index contributed by atoms with van der Waals surface area (Å²) in [6.45, 7) is 13.5. The minimum atomic E-state index is -0.253. The van der Waals surface area contributed by atoms with Crippen molar-refractivity contribution >= 4 is 35.8 Å². The maximum atomic E-state index is 14.0. The van der Waals surface area contributed by atoms with Gasteiger partial charge in [-0.1, -0.05) is 13.8 Å². The van der Waals surface area contributed by atoms with Gasteiger partial charge in [0.15, 0.2) is 17.6 Å². The first-order chi connectivity index (χ1) is 14.0. The third-order valence-electron chi connectivity index (χ3n) is 5.65. The molecule has 0 aliphatic carbocycles. The summed E-state index contributed by atoms with van der Waals surface area (Å²) < 4.78 is 14.0. The number of pyridine rings is 1. The van der Waals surface area contributed by atoms with Gasteiger partial charge in [0.25, 0.3) is 0 Å². The van der Waals surface area contributed by atoms with Gasteiger partial charge in [-0.25, -0.2) is 9.37 Å². The van der Waals surface area contributed by atoms with E-state index >= 15 is 0 Å². The molecule has 2 aliphatic heterocycles. The van der Waals surface area contributed by atoms with Gasteiger partial charge in [-0.2, -0.15) is 0 Å². The second kappa shape index (κ2) is 12.6. The van der Waals surface area contributed by atoms with Crippen LogP contribution in [0.4, 0.5) is 10.2 Å². The van der Waals surface area contributed by atoms with Crippen molar-refractivity contribution in [3.63, 3.8) is 0 Å². The molecule has 0 aromatic carbocycles.